The molecule has 0 atom stereocenters. The van der Waals surface area contributed by atoms with Gasteiger partial charge in [0.2, 0.25) is 11.1 Å². The number of ether oxygens (including phenoxy) is 1. The Morgan fingerprint density at radius 2 is 2.13 bits per heavy atom. The summed E-state index contributed by atoms with van der Waals surface area (Å²) in [5.41, 5.74) is 0.143. The lowest BCUT2D eigenvalue weighted by Crippen LogP contribution is -2.46. The molecule has 3 heterocycles. The van der Waals surface area contributed by atoms with Crippen LogP contribution in [0, 0.1) is 11.2 Å². The standard InChI is InChI=1S/C20H23FN6O3S/c1-27-19(23-25-26-27)31-11-8-22-18(28)20(6-9-29-10-7-20)13-14-12-17(24-30-14)15-4-2-3-5-16(15)21/h2-5,12H,6-11,13H2,1H3,(H,22,28). The average Bonchev–Trinajstić information content (AvgIpc) is 3.41. The summed E-state index contributed by atoms with van der Waals surface area (Å²) in [5, 5.41) is 19.0. The number of carbonyl (C=O) groups is 1. The van der Waals surface area contributed by atoms with Gasteiger partial charge in [0, 0.05) is 50.6 Å². The molecule has 31 heavy (non-hydrogen) atoms. The predicted molar refractivity (Wildman–Crippen MR) is 111 cm³/mol. The summed E-state index contributed by atoms with van der Waals surface area (Å²) in [6.45, 7) is 1.48. The van der Waals surface area contributed by atoms with E-state index in [0.29, 0.717) is 66.9 Å². The van der Waals surface area contributed by atoms with Crippen molar-refractivity contribution in [1.29, 1.82) is 0 Å². The van der Waals surface area contributed by atoms with E-state index in [1.54, 1.807) is 36.0 Å². The van der Waals surface area contributed by atoms with E-state index in [0.717, 1.165) is 0 Å². The highest BCUT2D eigenvalue weighted by molar-refractivity contribution is 7.99. The summed E-state index contributed by atoms with van der Waals surface area (Å²) in [5.74, 6) is 0.786. The van der Waals surface area contributed by atoms with E-state index in [4.69, 9.17) is 9.26 Å². The average molecular weight is 447 g/mol. The fraction of sp³-hybridized carbons (Fsp3) is 0.450. The Kier molecular flexibility index (Phi) is 6.62. The Bertz CT molecular complexity index is 1030. The number of hydrogen-bond acceptors (Lipinski definition) is 8. The lowest BCUT2D eigenvalue weighted by atomic mass is 9.75. The minimum atomic E-state index is -0.652. The number of amides is 1. The molecular formula is C20H23FN6O3S. The van der Waals surface area contributed by atoms with Gasteiger partial charge in [-0.25, -0.2) is 9.07 Å². The highest BCUT2D eigenvalue weighted by Gasteiger charge is 2.41. The van der Waals surface area contributed by atoms with Gasteiger partial charge in [0.25, 0.3) is 0 Å². The Morgan fingerprint density at radius 1 is 1.32 bits per heavy atom. The molecule has 1 fully saturated rings. The topological polar surface area (TPSA) is 108 Å². The molecule has 164 valence electrons. The minimum absolute atomic E-state index is 0.0451. The monoisotopic (exact) mass is 446 g/mol. The summed E-state index contributed by atoms with van der Waals surface area (Å²) in [6.07, 6.45) is 1.54. The number of benzene rings is 1. The largest absolute Gasteiger partial charge is 0.381 e. The van der Waals surface area contributed by atoms with Crippen molar-refractivity contribution >= 4 is 17.7 Å². The van der Waals surface area contributed by atoms with Crippen LogP contribution >= 0.6 is 11.8 Å². The van der Waals surface area contributed by atoms with Crippen LogP contribution in [0.3, 0.4) is 0 Å². The number of halogens is 1. The summed E-state index contributed by atoms with van der Waals surface area (Å²) < 4.78 is 26.6. The number of thioether (sulfide) groups is 1. The van der Waals surface area contributed by atoms with Gasteiger partial charge >= 0.3 is 0 Å². The van der Waals surface area contributed by atoms with Crippen LogP contribution in [0.15, 0.2) is 40.0 Å². The maximum Gasteiger partial charge on any atom is 0.226 e. The number of nitrogens with one attached hydrogen (secondary N) is 1. The Morgan fingerprint density at radius 3 is 2.87 bits per heavy atom. The van der Waals surface area contributed by atoms with Gasteiger partial charge < -0.3 is 14.6 Å². The zero-order valence-corrected chi connectivity index (χ0v) is 17.9. The van der Waals surface area contributed by atoms with Crippen molar-refractivity contribution in [3.8, 4) is 11.3 Å². The van der Waals surface area contributed by atoms with Gasteiger partial charge in [-0.2, -0.15) is 0 Å². The van der Waals surface area contributed by atoms with E-state index < -0.39 is 5.41 Å². The van der Waals surface area contributed by atoms with E-state index >= 15 is 0 Å². The SMILES string of the molecule is Cn1nnnc1SCCNC(=O)C1(Cc2cc(-c3ccccc3F)no2)CCOCC1. The fourth-order valence-corrected chi connectivity index (χ4v) is 4.31. The van der Waals surface area contributed by atoms with Crippen molar-refractivity contribution in [2.75, 3.05) is 25.5 Å². The molecule has 1 aromatic carbocycles. The molecule has 1 amide bonds. The number of carbonyl (C=O) groups excluding carboxylic acids is 1. The van der Waals surface area contributed by atoms with Crippen LogP contribution in [0.5, 0.6) is 0 Å². The molecule has 1 aliphatic heterocycles. The highest BCUT2D eigenvalue weighted by Crippen LogP contribution is 2.36. The molecule has 0 unspecified atom stereocenters. The molecule has 3 aromatic rings. The third-order valence-electron chi connectivity index (χ3n) is 5.35. The molecule has 0 saturated carbocycles. The second-order valence-corrected chi connectivity index (χ2v) is 8.48. The summed E-state index contributed by atoms with van der Waals surface area (Å²) >= 11 is 1.47. The van der Waals surface area contributed by atoms with Gasteiger partial charge in [-0.05, 0) is 35.4 Å². The van der Waals surface area contributed by atoms with E-state index in [9.17, 15) is 9.18 Å². The van der Waals surface area contributed by atoms with Crippen LogP contribution in [0.4, 0.5) is 4.39 Å². The van der Waals surface area contributed by atoms with Crippen LogP contribution in [0.2, 0.25) is 0 Å². The first-order chi connectivity index (χ1) is 15.1. The van der Waals surface area contributed by atoms with Crippen LogP contribution in [0.1, 0.15) is 18.6 Å². The number of aromatic nitrogens is 5. The van der Waals surface area contributed by atoms with Crippen LogP contribution in [-0.2, 0) is 23.0 Å². The molecule has 1 saturated heterocycles. The molecular weight excluding hydrogens is 423 g/mol. The predicted octanol–water partition coefficient (Wildman–Crippen LogP) is 2.25. The Balaban J connectivity index is 1.41. The molecule has 11 heteroatoms. The number of hydrogen-bond donors (Lipinski definition) is 1. The van der Waals surface area contributed by atoms with Crippen LogP contribution in [0.25, 0.3) is 11.3 Å². The van der Waals surface area contributed by atoms with Crippen LogP contribution < -0.4 is 5.32 Å². The van der Waals surface area contributed by atoms with E-state index in [1.165, 1.54) is 17.8 Å². The first kappa shape index (κ1) is 21.4. The molecule has 1 N–H and O–H groups in total. The molecule has 9 nitrogen and oxygen atoms in total. The van der Waals surface area contributed by atoms with E-state index in [2.05, 4.69) is 26.0 Å². The lowest BCUT2D eigenvalue weighted by Gasteiger charge is -2.35. The Hall–Kier alpha value is -2.79. The number of tetrazole rings is 1. The van der Waals surface area contributed by atoms with Gasteiger partial charge in [0.15, 0.2) is 0 Å². The molecule has 1 aliphatic rings. The zero-order chi connectivity index (χ0) is 21.7. The van der Waals surface area contributed by atoms with Crippen LogP contribution in [-0.4, -0.2) is 56.8 Å². The zero-order valence-electron chi connectivity index (χ0n) is 17.1. The normalized spacial score (nSPS) is 15.7. The van der Waals surface area contributed by atoms with Crippen molar-refractivity contribution in [3.63, 3.8) is 0 Å². The number of aryl methyl sites for hydroxylation is 1. The molecule has 0 aliphatic carbocycles. The van der Waals surface area contributed by atoms with Crippen molar-refractivity contribution in [1.82, 2.24) is 30.7 Å². The van der Waals surface area contributed by atoms with Gasteiger partial charge in [0.05, 0.1) is 5.41 Å². The molecule has 0 spiro atoms. The molecule has 4 rings (SSSR count). The molecule has 0 bridgehead atoms. The summed E-state index contributed by atoms with van der Waals surface area (Å²) in [7, 11) is 1.77. The van der Waals surface area contributed by atoms with E-state index in [1.807, 2.05) is 0 Å². The van der Waals surface area contributed by atoms with Gasteiger partial charge in [-0.3, -0.25) is 4.79 Å². The quantitative estimate of drug-likeness (QED) is 0.415. The maximum atomic E-state index is 14.1. The van der Waals surface area contributed by atoms with Crippen molar-refractivity contribution < 1.29 is 18.4 Å². The highest BCUT2D eigenvalue weighted by atomic mass is 32.2. The first-order valence-electron chi connectivity index (χ1n) is 9.99. The summed E-state index contributed by atoms with van der Waals surface area (Å²) in [6, 6.07) is 8.11. The fourth-order valence-electron chi connectivity index (χ4n) is 3.61. The minimum Gasteiger partial charge on any atom is -0.381 e. The van der Waals surface area contributed by atoms with Crippen molar-refractivity contribution in [3.05, 3.63) is 41.9 Å². The lowest BCUT2D eigenvalue weighted by molar-refractivity contribution is -0.136. The maximum absolute atomic E-state index is 14.1. The van der Waals surface area contributed by atoms with Gasteiger partial charge in [-0.15, -0.1) is 5.10 Å². The summed E-state index contributed by atoms with van der Waals surface area (Å²) in [4.78, 5) is 13.1. The van der Waals surface area contributed by atoms with Gasteiger partial charge in [0.1, 0.15) is 17.3 Å². The first-order valence-corrected chi connectivity index (χ1v) is 11.0. The van der Waals surface area contributed by atoms with Gasteiger partial charge in [-0.1, -0.05) is 29.1 Å². The second kappa shape index (κ2) is 9.56. The van der Waals surface area contributed by atoms with Crippen molar-refractivity contribution in [2.45, 2.75) is 24.4 Å². The molecule has 2 aromatic heterocycles. The number of nitrogens with zero attached hydrogens (tertiary/aromatic N) is 5. The third-order valence-corrected chi connectivity index (χ3v) is 6.37. The third kappa shape index (κ3) is 4.93. The smallest absolute Gasteiger partial charge is 0.226 e. The number of rotatable bonds is 8. The molecule has 0 radical (unpaired) electrons. The van der Waals surface area contributed by atoms with Crippen molar-refractivity contribution in [2.24, 2.45) is 12.5 Å². The van der Waals surface area contributed by atoms with E-state index in [-0.39, 0.29) is 11.7 Å². The Labute approximate surface area is 182 Å². The second-order valence-electron chi connectivity index (χ2n) is 7.42.